The monoisotopic (exact) mass is 503 g/mol. The van der Waals surface area contributed by atoms with Crippen molar-refractivity contribution in [3.05, 3.63) is 33.2 Å². The van der Waals surface area contributed by atoms with Crippen LogP contribution in [-0.4, -0.2) is 58.2 Å². The van der Waals surface area contributed by atoms with Crippen molar-refractivity contribution >= 4 is 17.8 Å². The van der Waals surface area contributed by atoms with E-state index in [1.54, 1.807) is 10.6 Å². The number of pyridine rings is 1. The molecule has 2 amide bonds. The Balaban J connectivity index is 2.03. The molecule has 0 aliphatic heterocycles. The van der Waals surface area contributed by atoms with Crippen LogP contribution in [0.5, 0.6) is 0 Å². The molecule has 0 bridgehead atoms. The van der Waals surface area contributed by atoms with E-state index in [-0.39, 0.29) is 25.1 Å². The Morgan fingerprint density at radius 3 is 2.56 bits per heavy atom. The van der Waals surface area contributed by atoms with Gasteiger partial charge in [0.2, 0.25) is 11.5 Å². The van der Waals surface area contributed by atoms with E-state index < -0.39 is 34.9 Å². The lowest BCUT2D eigenvalue weighted by atomic mass is 9.73. The second-order valence-electron chi connectivity index (χ2n) is 10.2. The quantitative estimate of drug-likeness (QED) is 0.497. The summed E-state index contributed by atoms with van der Waals surface area (Å²) in [6, 6.07) is 1.64. The van der Waals surface area contributed by atoms with Gasteiger partial charge in [0.1, 0.15) is 5.56 Å². The van der Waals surface area contributed by atoms with Crippen LogP contribution in [0.2, 0.25) is 0 Å². The van der Waals surface area contributed by atoms with E-state index in [2.05, 4.69) is 6.92 Å². The summed E-state index contributed by atoms with van der Waals surface area (Å²) in [6.07, 6.45) is 9.17. The molecule has 2 aliphatic carbocycles. The number of fused-ring (bicyclic) bond motifs is 1. The van der Waals surface area contributed by atoms with Crippen LogP contribution < -0.4 is 11.3 Å². The molecule has 0 radical (unpaired) electrons. The largest absolute Gasteiger partial charge is 0.444 e. The van der Waals surface area contributed by atoms with Crippen LogP contribution in [0.4, 0.5) is 0 Å². The van der Waals surface area contributed by atoms with E-state index in [1.165, 1.54) is 11.9 Å². The summed E-state index contributed by atoms with van der Waals surface area (Å²) < 4.78 is 7.56. The highest BCUT2D eigenvalue weighted by atomic mass is 16.6. The van der Waals surface area contributed by atoms with Crippen molar-refractivity contribution < 1.29 is 24.2 Å². The Morgan fingerprint density at radius 1 is 1.17 bits per heavy atom. The number of hydrogen-bond acceptors (Lipinski definition) is 6. The number of unbranched alkanes of at least 4 members (excludes halogenated alkanes) is 1. The highest BCUT2D eigenvalue weighted by Crippen LogP contribution is 2.38. The smallest absolute Gasteiger partial charge is 0.344 e. The summed E-state index contributed by atoms with van der Waals surface area (Å²) in [6.45, 7) is 2.43. The van der Waals surface area contributed by atoms with Gasteiger partial charge in [-0.05, 0) is 63.0 Å². The third kappa shape index (κ3) is 5.82. The lowest BCUT2D eigenvalue weighted by Gasteiger charge is -2.41. The average Bonchev–Trinajstić information content (AvgIpc) is 2.84. The van der Waals surface area contributed by atoms with Crippen molar-refractivity contribution in [3.8, 4) is 0 Å². The minimum Gasteiger partial charge on any atom is -0.444 e. The van der Waals surface area contributed by atoms with Crippen LogP contribution in [-0.2, 0) is 33.7 Å². The zero-order valence-corrected chi connectivity index (χ0v) is 21.7. The number of primary amides is 1. The molecule has 1 fully saturated rings. The van der Waals surface area contributed by atoms with E-state index in [9.17, 15) is 24.3 Å². The molecule has 2 aliphatic rings. The molecule has 1 heterocycles. The summed E-state index contributed by atoms with van der Waals surface area (Å²) in [5, 5.41) is 9.26. The van der Waals surface area contributed by atoms with Gasteiger partial charge >= 0.3 is 5.97 Å². The van der Waals surface area contributed by atoms with Crippen LogP contribution in [0.25, 0.3) is 0 Å². The van der Waals surface area contributed by atoms with Crippen molar-refractivity contribution in [2.75, 3.05) is 20.2 Å². The molecule has 1 saturated carbocycles. The van der Waals surface area contributed by atoms with Gasteiger partial charge in [-0.25, -0.2) is 4.79 Å². The fourth-order valence-corrected chi connectivity index (χ4v) is 5.61. The van der Waals surface area contributed by atoms with E-state index >= 15 is 0 Å². The van der Waals surface area contributed by atoms with Gasteiger partial charge in [-0.3, -0.25) is 14.4 Å². The maximum atomic E-state index is 13.6. The fourth-order valence-electron chi connectivity index (χ4n) is 5.61. The molecule has 36 heavy (non-hydrogen) atoms. The van der Waals surface area contributed by atoms with Gasteiger partial charge in [0.25, 0.3) is 11.5 Å². The number of nitrogens with two attached hydrogens (primary N) is 1. The maximum Gasteiger partial charge on any atom is 0.344 e. The van der Waals surface area contributed by atoms with E-state index in [0.717, 1.165) is 62.6 Å². The lowest BCUT2D eigenvalue weighted by molar-refractivity contribution is -0.161. The SMILES string of the molecule is CCCCn1c2c(cc(C(=O)OC3(C(N)=O)CCCCC3C(=O)N(C)CCO)c1=O)CCCCCC2. The number of aryl methyl sites for hydroxylation is 1. The maximum absolute atomic E-state index is 13.6. The fraction of sp³-hybridized carbons (Fsp3) is 0.704. The summed E-state index contributed by atoms with van der Waals surface area (Å²) in [5.41, 5.74) is 5.41. The Morgan fingerprint density at radius 2 is 1.89 bits per heavy atom. The standard InChI is InChI=1S/C27H41N3O6/c1-3-4-15-30-22-13-8-6-5-7-11-19(22)18-20(23(30)32)25(34)36-27(26(28)35)14-10-9-12-21(27)24(33)29(2)16-17-31/h18,21,31H,3-17H2,1-2H3,(H2,28,35). The number of ether oxygens (including phenoxy) is 1. The first-order chi connectivity index (χ1) is 17.3. The molecular formula is C27H41N3O6. The van der Waals surface area contributed by atoms with Crippen LogP contribution >= 0.6 is 0 Å². The molecule has 1 aromatic rings. The summed E-state index contributed by atoms with van der Waals surface area (Å²) in [4.78, 5) is 54.4. The number of esters is 1. The second-order valence-corrected chi connectivity index (χ2v) is 10.2. The summed E-state index contributed by atoms with van der Waals surface area (Å²) >= 11 is 0. The molecule has 1 aromatic heterocycles. The molecule has 0 aromatic carbocycles. The third-order valence-electron chi connectivity index (χ3n) is 7.71. The van der Waals surface area contributed by atoms with Gasteiger partial charge < -0.3 is 25.0 Å². The van der Waals surface area contributed by atoms with E-state index in [1.807, 2.05) is 0 Å². The summed E-state index contributed by atoms with van der Waals surface area (Å²) in [5.74, 6) is -3.16. The average molecular weight is 504 g/mol. The summed E-state index contributed by atoms with van der Waals surface area (Å²) in [7, 11) is 1.53. The van der Waals surface area contributed by atoms with Gasteiger partial charge in [-0.2, -0.15) is 0 Å². The molecule has 0 spiro atoms. The Bertz CT molecular complexity index is 1020. The first-order valence-electron chi connectivity index (χ1n) is 13.4. The van der Waals surface area contributed by atoms with Crippen LogP contribution in [0.1, 0.15) is 92.7 Å². The van der Waals surface area contributed by atoms with Crippen LogP contribution in [0.15, 0.2) is 10.9 Å². The van der Waals surface area contributed by atoms with Crippen molar-refractivity contribution in [1.82, 2.24) is 9.47 Å². The molecule has 9 nitrogen and oxygen atoms in total. The van der Waals surface area contributed by atoms with Crippen molar-refractivity contribution in [2.45, 2.75) is 96.1 Å². The molecule has 2 atom stereocenters. The van der Waals surface area contributed by atoms with Crippen LogP contribution in [0.3, 0.4) is 0 Å². The van der Waals surface area contributed by atoms with Gasteiger partial charge in [0.05, 0.1) is 12.5 Å². The number of rotatable bonds is 9. The highest BCUT2D eigenvalue weighted by Gasteiger charge is 2.53. The Hall–Kier alpha value is -2.68. The zero-order valence-electron chi connectivity index (χ0n) is 21.7. The lowest BCUT2D eigenvalue weighted by Crippen LogP contribution is -2.59. The van der Waals surface area contributed by atoms with Crippen LogP contribution in [0, 0.1) is 5.92 Å². The van der Waals surface area contributed by atoms with Crippen molar-refractivity contribution in [3.63, 3.8) is 0 Å². The third-order valence-corrected chi connectivity index (χ3v) is 7.71. The molecule has 200 valence electrons. The Labute approximate surface area is 213 Å². The van der Waals surface area contributed by atoms with Gasteiger partial charge in [0.15, 0.2) is 0 Å². The topological polar surface area (TPSA) is 132 Å². The van der Waals surface area contributed by atoms with E-state index in [4.69, 9.17) is 10.5 Å². The van der Waals surface area contributed by atoms with Gasteiger partial charge in [-0.1, -0.05) is 32.6 Å². The predicted octanol–water partition coefficient (Wildman–Crippen LogP) is 2.33. The number of aliphatic hydroxyl groups is 1. The number of amides is 2. The first-order valence-corrected chi connectivity index (χ1v) is 13.4. The molecule has 9 heteroatoms. The zero-order chi connectivity index (χ0) is 26.3. The highest BCUT2D eigenvalue weighted by molar-refractivity contribution is 5.97. The molecule has 2 unspecified atom stereocenters. The minimum atomic E-state index is -1.83. The second kappa shape index (κ2) is 12.5. The molecule has 0 saturated heterocycles. The molecule has 3 N–H and O–H groups in total. The predicted molar refractivity (Wildman–Crippen MR) is 136 cm³/mol. The number of carbonyl (C=O) groups excluding carboxylic acids is 3. The number of hydrogen-bond donors (Lipinski definition) is 2. The molecule has 3 rings (SSSR count). The number of carbonyl (C=O) groups is 3. The van der Waals surface area contributed by atoms with Crippen molar-refractivity contribution in [1.29, 1.82) is 0 Å². The Kier molecular flexibility index (Phi) is 9.70. The number of aliphatic hydroxyl groups excluding tert-OH is 1. The number of likely N-dealkylation sites (N-methyl/N-ethyl adjacent to an activating group) is 1. The van der Waals surface area contributed by atoms with Gasteiger partial charge in [0, 0.05) is 25.8 Å². The first kappa shape index (κ1) is 27.9. The number of nitrogens with zero attached hydrogens (tertiary/aromatic N) is 2. The number of aromatic nitrogens is 1. The van der Waals surface area contributed by atoms with Crippen molar-refractivity contribution in [2.24, 2.45) is 11.7 Å². The molecular weight excluding hydrogens is 462 g/mol. The normalized spacial score (nSPS) is 22.1. The van der Waals surface area contributed by atoms with Gasteiger partial charge in [-0.15, -0.1) is 0 Å². The minimum absolute atomic E-state index is 0.0884. The van der Waals surface area contributed by atoms with E-state index in [0.29, 0.717) is 25.8 Å².